The van der Waals surface area contributed by atoms with Gasteiger partial charge in [0.05, 0.1) is 24.3 Å². The van der Waals surface area contributed by atoms with Crippen molar-refractivity contribution >= 4 is 11.9 Å². The first kappa shape index (κ1) is 31.1. The summed E-state index contributed by atoms with van der Waals surface area (Å²) in [6.07, 6.45) is 13.3. The molecule has 0 saturated carbocycles. The fourth-order valence-electron chi connectivity index (χ4n) is 5.00. The molecule has 0 bridgehead atoms. The first-order chi connectivity index (χ1) is 19.7. The third-order valence-electron chi connectivity index (χ3n) is 7.25. The Labute approximate surface area is 241 Å². The lowest BCUT2D eigenvalue weighted by Crippen LogP contribution is -2.16. The predicted molar refractivity (Wildman–Crippen MR) is 165 cm³/mol. The van der Waals surface area contributed by atoms with Gasteiger partial charge in [-0.15, -0.1) is 0 Å². The Morgan fingerprint density at radius 2 is 1.00 bits per heavy atom. The van der Waals surface area contributed by atoms with Crippen LogP contribution in [0.15, 0.2) is 72.8 Å². The van der Waals surface area contributed by atoms with Gasteiger partial charge in [0.15, 0.2) is 0 Å². The van der Waals surface area contributed by atoms with Gasteiger partial charge < -0.3 is 9.47 Å². The average Bonchev–Trinajstić information content (AvgIpc) is 3.00. The SMILES string of the molecule is CCCCCCCCOC(=O)c1cccc(-c2ccccc2-c2ccccc2)c1C(=O)OCCCCCCCC. The highest BCUT2D eigenvalue weighted by Gasteiger charge is 2.25. The van der Waals surface area contributed by atoms with Gasteiger partial charge in [0.2, 0.25) is 0 Å². The summed E-state index contributed by atoms with van der Waals surface area (Å²) in [5, 5.41) is 0. The van der Waals surface area contributed by atoms with Crippen molar-refractivity contribution in [3.05, 3.63) is 83.9 Å². The minimum Gasteiger partial charge on any atom is -0.462 e. The Kier molecular flexibility index (Phi) is 14.0. The number of benzene rings is 3. The maximum Gasteiger partial charge on any atom is 0.339 e. The lowest BCUT2D eigenvalue weighted by atomic mass is 9.89. The second-order valence-corrected chi connectivity index (χ2v) is 10.4. The fourth-order valence-corrected chi connectivity index (χ4v) is 5.00. The molecular formula is C36H46O4. The van der Waals surface area contributed by atoms with Crippen molar-refractivity contribution in [3.63, 3.8) is 0 Å². The summed E-state index contributed by atoms with van der Waals surface area (Å²) in [6, 6.07) is 23.5. The van der Waals surface area contributed by atoms with E-state index in [0.717, 1.165) is 55.2 Å². The quantitative estimate of drug-likeness (QED) is 0.118. The number of unbranched alkanes of at least 4 members (excludes halogenated alkanes) is 10. The topological polar surface area (TPSA) is 52.6 Å². The molecule has 0 aromatic heterocycles. The first-order valence-corrected chi connectivity index (χ1v) is 15.3. The van der Waals surface area contributed by atoms with Crippen LogP contribution in [-0.2, 0) is 9.47 Å². The fraction of sp³-hybridized carbons (Fsp3) is 0.444. The van der Waals surface area contributed by atoms with Crippen molar-refractivity contribution in [1.82, 2.24) is 0 Å². The molecule has 214 valence electrons. The summed E-state index contributed by atoms with van der Waals surface area (Å²) >= 11 is 0. The van der Waals surface area contributed by atoms with E-state index in [1.165, 1.54) is 38.5 Å². The van der Waals surface area contributed by atoms with Crippen LogP contribution in [0.25, 0.3) is 22.3 Å². The Morgan fingerprint density at radius 1 is 0.500 bits per heavy atom. The van der Waals surface area contributed by atoms with E-state index in [1.807, 2.05) is 66.7 Å². The Morgan fingerprint density at radius 3 is 1.62 bits per heavy atom. The minimum atomic E-state index is -0.474. The molecule has 0 heterocycles. The number of ether oxygens (including phenoxy) is 2. The van der Waals surface area contributed by atoms with Crippen molar-refractivity contribution < 1.29 is 19.1 Å². The number of carbonyl (C=O) groups excluding carboxylic acids is 2. The van der Waals surface area contributed by atoms with Gasteiger partial charge in [-0.3, -0.25) is 0 Å². The van der Waals surface area contributed by atoms with Crippen LogP contribution in [0.4, 0.5) is 0 Å². The van der Waals surface area contributed by atoms with Crippen LogP contribution in [0.1, 0.15) is 112 Å². The highest BCUT2D eigenvalue weighted by atomic mass is 16.5. The molecule has 40 heavy (non-hydrogen) atoms. The van der Waals surface area contributed by atoms with E-state index in [2.05, 4.69) is 13.8 Å². The number of esters is 2. The van der Waals surface area contributed by atoms with Gasteiger partial charge in [0.25, 0.3) is 0 Å². The van der Waals surface area contributed by atoms with Crippen LogP contribution in [0, 0.1) is 0 Å². The minimum absolute atomic E-state index is 0.263. The summed E-state index contributed by atoms with van der Waals surface area (Å²) in [5.74, 6) is -0.947. The van der Waals surface area contributed by atoms with Gasteiger partial charge in [0, 0.05) is 0 Å². The van der Waals surface area contributed by atoms with Crippen LogP contribution < -0.4 is 0 Å². The van der Waals surface area contributed by atoms with Crippen molar-refractivity contribution in [2.45, 2.75) is 90.9 Å². The van der Waals surface area contributed by atoms with Gasteiger partial charge in [0.1, 0.15) is 0 Å². The molecule has 0 N–H and O–H groups in total. The van der Waals surface area contributed by atoms with E-state index >= 15 is 0 Å². The molecule has 0 saturated heterocycles. The molecule has 0 radical (unpaired) electrons. The van der Waals surface area contributed by atoms with E-state index in [0.29, 0.717) is 18.8 Å². The molecule has 0 aliphatic rings. The molecule has 0 atom stereocenters. The molecule has 0 unspecified atom stereocenters. The van der Waals surface area contributed by atoms with E-state index in [9.17, 15) is 9.59 Å². The summed E-state index contributed by atoms with van der Waals surface area (Å²) in [6.45, 7) is 5.09. The molecule has 0 spiro atoms. The summed E-state index contributed by atoms with van der Waals surface area (Å²) < 4.78 is 11.4. The standard InChI is InChI=1S/C36H46O4/c1-3-5-7-9-11-18-27-39-35(37)33-26-20-25-32(34(33)36(38)40-28-19-12-10-8-6-4-2)31-24-17-16-23-30(31)29-21-14-13-15-22-29/h13-17,20-26H,3-12,18-19,27-28H2,1-2H3. The smallest absolute Gasteiger partial charge is 0.339 e. The van der Waals surface area contributed by atoms with Gasteiger partial charge in [-0.05, 0) is 41.2 Å². The third-order valence-corrected chi connectivity index (χ3v) is 7.25. The maximum absolute atomic E-state index is 13.6. The highest BCUT2D eigenvalue weighted by Crippen LogP contribution is 2.35. The zero-order valence-electron chi connectivity index (χ0n) is 24.5. The van der Waals surface area contributed by atoms with Gasteiger partial charge in [-0.25, -0.2) is 9.59 Å². The third kappa shape index (κ3) is 9.66. The second kappa shape index (κ2) is 18.0. The number of carbonyl (C=O) groups is 2. The molecule has 3 rings (SSSR count). The van der Waals surface area contributed by atoms with Crippen LogP contribution in [0.2, 0.25) is 0 Å². The van der Waals surface area contributed by atoms with E-state index in [-0.39, 0.29) is 11.1 Å². The molecule has 0 fully saturated rings. The molecule has 0 aliphatic carbocycles. The number of hydrogen-bond donors (Lipinski definition) is 0. The summed E-state index contributed by atoms with van der Waals surface area (Å²) in [4.78, 5) is 26.9. The van der Waals surface area contributed by atoms with E-state index < -0.39 is 11.9 Å². The molecule has 0 aliphatic heterocycles. The average molecular weight is 543 g/mol. The molecular weight excluding hydrogens is 496 g/mol. The largest absolute Gasteiger partial charge is 0.462 e. The molecule has 0 amide bonds. The molecule has 3 aromatic rings. The van der Waals surface area contributed by atoms with Crippen LogP contribution >= 0.6 is 0 Å². The highest BCUT2D eigenvalue weighted by molar-refractivity contribution is 6.09. The summed E-state index contributed by atoms with van der Waals surface area (Å²) in [5.41, 5.74) is 4.14. The van der Waals surface area contributed by atoms with Crippen molar-refractivity contribution in [3.8, 4) is 22.3 Å². The zero-order valence-corrected chi connectivity index (χ0v) is 24.5. The first-order valence-electron chi connectivity index (χ1n) is 15.3. The van der Waals surface area contributed by atoms with Crippen molar-refractivity contribution in [2.75, 3.05) is 13.2 Å². The Bertz CT molecular complexity index is 1170. The Balaban J connectivity index is 1.84. The molecule has 3 aromatic carbocycles. The summed E-state index contributed by atoms with van der Waals surface area (Å²) in [7, 11) is 0. The van der Waals surface area contributed by atoms with Gasteiger partial charge in [-0.2, -0.15) is 0 Å². The Hall–Kier alpha value is -3.40. The van der Waals surface area contributed by atoms with Gasteiger partial charge >= 0.3 is 11.9 Å². The maximum atomic E-state index is 13.6. The number of rotatable bonds is 18. The lowest BCUT2D eigenvalue weighted by molar-refractivity contribution is 0.0451. The van der Waals surface area contributed by atoms with Crippen LogP contribution in [0.3, 0.4) is 0 Å². The van der Waals surface area contributed by atoms with Crippen LogP contribution in [-0.4, -0.2) is 25.2 Å². The predicted octanol–water partition coefficient (Wildman–Crippen LogP) is 10.1. The van der Waals surface area contributed by atoms with Crippen molar-refractivity contribution in [2.24, 2.45) is 0 Å². The molecule has 4 heteroatoms. The zero-order chi connectivity index (χ0) is 28.4. The monoisotopic (exact) mass is 542 g/mol. The van der Waals surface area contributed by atoms with E-state index in [1.54, 1.807) is 6.07 Å². The van der Waals surface area contributed by atoms with E-state index in [4.69, 9.17) is 9.47 Å². The second-order valence-electron chi connectivity index (χ2n) is 10.4. The molecule has 4 nitrogen and oxygen atoms in total. The normalized spacial score (nSPS) is 10.8. The van der Waals surface area contributed by atoms with Crippen molar-refractivity contribution in [1.29, 1.82) is 0 Å². The van der Waals surface area contributed by atoms with Gasteiger partial charge in [-0.1, -0.05) is 145 Å². The number of hydrogen-bond acceptors (Lipinski definition) is 4. The van der Waals surface area contributed by atoms with Crippen LogP contribution in [0.5, 0.6) is 0 Å². The lowest BCUT2D eigenvalue weighted by Gasteiger charge is -2.17.